The van der Waals surface area contributed by atoms with E-state index in [2.05, 4.69) is 0 Å². The molecule has 5 nitrogen and oxygen atoms in total. The van der Waals surface area contributed by atoms with Gasteiger partial charge in [0.2, 0.25) is 0 Å². The zero-order valence-corrected chi connectivity index (χ0v) is 6.49. The van der Waals surface area contributed by atoms with Crippen molar-refractivity contribution in [3.05, 3.63) is 0 Å². The Morgan fingerprint density at radius 1 is 1.18 bits per heavy atom. The zero-order valence-electron chi connectivity index (χ0n) is 6.49. The van der Waals surface area contributed by atoms with Crippen molar-refractivity contribution >= 4 is 0 Å². The second kappa shape index (κ2) is 3.46. The average Bonchev–Trinajstić information content (AvgIpc) is 1.81. The van der Waals surface area contributed by atoms with Gasteiger partial charge in [0.1, 0.15) is 0 Å². The summed E-state index contributed by atoms with van der Waals surface area (Å²) >= 11 is 0. The topological polar surface area (TPSA) is 107 Å². The number of unbranched alkanes of at least 4 members (excludes halogenated alkanes) is 1. The van der Waals surface area contributed by atoms with Gasteiger partial charge in [-0.3, -0.25) is 5.73 Å². The Kier molecular flexibility index (Phi) is 3.40. The Morgan fingerprint density at radius 3 is 1.91 bits per heavy atom. The monoisotopic (exact) mass is 165 g/mol. The molecule has 0 saturated heterocycles. The van der Waals surface area contributed by atoms with E-state index in [1.165, 1.54) is 0 Å². The molecule has 0 aromatic carbocycles. The minimum atomic E-state index is -3.22. The lowest BCUT2D eigenvalue weighted by atomic mass is 10.1. The molecule has 0 saturated carbocycles. The molecule has 11 heavy (non-hydrogen) atoms. The molecular weight excluding hydrogens is 150 g/mol. The highest BCUT2D eigenvalue weighted by molar-refractivity contribution is 4.77. The Hall–Kier alpha value is -0.200. The Balaban J connectivity index is 4.00. The van der Waals surface area contributed by atoms with Crippen molar-refractivity contribution in [1.82, 2.24) is 0 Å². The summed E-state index contributed by atoms with van der Waals surface area (Å²) in [7, 11) is 0. The molecule has 1 atom stereocenters. The van der Waals surface area contributed by atoms with Crippen LogP contribution in [0.5, 0.6) is 0 Å². The molecule has 0 radical (unpaired) electrons. The highest BCUT2D eigenvalue weighted by Gasteiger charge is 2.43. The van der Waals surface area contributed by atoms with Crippen LogP contribution >= 0.6 is 0 Å². The molecule has 0 heterocycles. The molecule has 0 aliphatic rings. The fourth-order valence-electron chi connectivity index (χ4n) is 0.614. The van der Waals surface area contributed by atoms with E-state index >= 15 is 0 Å². The summed E-state index contributed by atoms with van der Waals surface area (Å²) in [5.41, 5.74) is 2.64. The molecule has 6 N–H and O–H groups in total. The number of hydrogen-bond donors (Lipinski definition) is 5. The lowest BCUT2D eigenvalue weighted by molar-refractivity contribution is -0.391. The van der Waals surface area contributed by atoms with Crippen LogP contribution in [0.3, 0.4) is 0 Å². The van der Waals surface area contributed by atoms with Gasteiger partial charge < -0.3 is 20.4 Å². The van der Waals surface area contributed by atoms with Crippen LogP contribution in [0.2, 0.25) is 0 Å². The Labute approximate surface area is 65.1 Å². The molecule has 0 aromatic heterocycles. The summed E-state index contributed by atoms with van der Waals surface area (Å²) < 4.78 is 0. The van der Waals surface area contributed by atoms with Crippen LogP contribution < -0.4 is 5.73 Å². The van der Waals surface area contributed by atoms with Gasteiger partial charge in [-0.05, 0) is 12.8 Å². The molecule has 1 unspecified atom stereocenters. The summed E-state index contributed by atoms with van der Waals surface area (Å²) in [4.78, 5) is 0. The van der Waals surface area contributed by atoms with Gasteiger partial charge in [-0.25, -0.2) is 0 Å². The van der Waals surface area contributed by atoms with Crippen molar-refractivity contribution in [1.29, 1.82) is 0 Å². The minimum absolute atomic E-state index is 0.0625. The molecule has 0 rings (SSSR count). The third-order valence-corrected chi connectivity index (χ3v) is 1.49. The van der Waals surface area contributed by atoms with E-state index in [-0.39, 0.29) is 6.42 Å². The Morgan fingerprint density at radius 2 is 1.64 bits per heavy atom. The van der Waals surface area contributed by atoms with E-state index in [9.17, 15) is 0 Å². The van der Waals surface area contributed by atoms with Crippen LogP contribution in [0.1, 0.15) is 26.2 Å². The molecule has 0 bridgehead atoms. The van der Waals surface area contributed by atoms with Gasteiger partial charge >= 0.3 is 5.97 Å². The number of nitrogens with two attached hydrogens (primary N) is 1. The van der Waals surface area contributed by atoms with Crippen molar-refractivity contribution in [2.45, 2.75) is 37.9 Å². The molecule has 68 valence electrons. The lowest BCUT2D eigenvalue weighted by Gasteiger charge is -2.31. The van der Waals surface area contributed by atoms with E-state index in [1.54, 1.807) is 0 Å². The van der Waals surface area contributed by atoms with Crippen molar-refractivity contribution < 1.29 is 20.4 Å². The third-order valence-electron chi connectivity index (χ3n) is 1.49. The number of aliphatic hydroxyl groups is 4. The average molecular weight is 165 g/mol. The molecular formula is C6H15NO4. The second-order valence-corrected chi connectivity index (χ2v) is 2.66. The van der Waals surface area contributed by atoms with Gasteiger partial charge in [0.25, 0.3) is 0 Å². The molecule has 0 fully saturated rings. The summed E-state index contributed by atoms with van der Waals surface area (Å²) in [6.07, 6.45) is 1.19. The summed E-state index contributed by atoms with van der Waals surface area (Å²) in [6, 6.07) is 0. The van der Waals surface area contributed by atoms with Crippen LogP contribution in [0.4, 0.5) is 0 Å². The van der Waals surface area contributed by atoms with Crippen LogP contribution in [-0.4, -0.2) is 32.1 Å². The second-order valence-electron chi connectivity index (χ2n) is 2.66. The highest BCUT2D eigenvalue weighted by atomic mass is 16.7. The van der Waals surface area contributed by atoms with Crippen LogP contribution in [0.15, 0.2) is 0 Å². The lowest BCUT2D eigenvalue weighted by Crippen LogP contribution is -2.60. The highest BCUT2D eigenvalue weighted by Crippen LogP contribution is 2.17. The maximum absolute atomic E-state index is 9.01. The Bertz CT molecular complexity index is 118. The third kappa shape index (κ3) is 3.13. The largest absolute Gasteiger partial charge is 0.369 e. The fourth-order valence-corrected chi connectivity index (χ4v) is 0.614. The molecule has 0 aliphatic carbocycles. The van der Waals surface area contributed by atoms with E-state index in [1.807, 2.05) is 6.92 Å². The first-order valence-electron chi connectivity index (χ1n) is 3.49. The maximum Gasteiger partial charge on any atom is 0.320 e. The number of rotatable bonds is 4. The maximum atomic E-state index is 9.01. The standard InChI is InChI=1S/C6H15NO4/c1-2-3-4-5(7,8)6(9,10)11/h8-11H,2-4,7H2,1H3. The van der Waals surface area contributed by atoms with Crippen LogP contribution in [-0.2, 0) is 0 Å². The van der Waals surface area contributed by atoms with E-state index < -0.39 is 11.7 Å². The SMILES string of the molecule is CCCCC(N)(O)C(O)(O)O. The first-order valence-corrected chi connectivity index (χ1v) is 3.49. The molecule has 0 aromatic rings. The van der Waals surface area contributed by atoms with E-state index in [4.69, 9.17) is 26.2 Å². The van der Waals surface area contributed by atoms with Gasteiger partial charge in [0, 0.05) is 0 Å². The summed E-state index contributed by atoms with van der Waals surface area (Å²) in [5, 5.41) is 34.5. The zero-order chi connectivity index (χ0) is 9.12. The molecule has 0 amide bonds. The van der Waals surface area contributed by atoms with Gasteiger partial charge in [0.05, 0.1) is 0 Å². The summed E-state index contributed by atoms with van der Waals surface area (Å²) in [5.74, 6) is -3.22. The number of hydrogen-bond acceptors (Lipinski definition) is 5. The van der Waals surface area contributed by atoms with Crippen molar-refractivity contribution in [2.24, 2.45) is 5.73 Å². The summed E-state index contributed by atoms with van der Waals surface area (Å²) in [6.45, 7) is 1.85. The van der Waals surface area contributed by atoms with Crippen LogP contribution in [0.25, 0.3) is 0 Å². The van der Waals surface area contributed by atoms with Crippen molar-refractivity contribution in [3.8, 4) is 0 Å². The normalized spacial score (nSPS) is 18.0. The minimum Gasteiger partial charge on any atom is -0.369 e. The van der Waals surface area contributed by atoms with Crippen LogP contribution in [0, 0.1) is 0 Å². The van der Waals surface area contributed by atoms with Gasteiger partial charge in [-0.1, -0.05) is 13.3 Å². The predicted molar refractivity (Wildman–Crippen MR) is 38.0 cm³/mol. The van der Waals surface area contributed by atoms with Crippen molar-refractivity contribution in [2.75, 3.05) is 0 Å². The van der Waals surface area contributed by atoms with Gasteiger partial charge in [0.15, 0.2) is 5.72 Å². The molecule has 5 heteroatoms. The fraction of sp³-hybridized carbons (Fsp3) is 1.00. The van der Waals surface area contributed by atoms with E-state index in [0.29, 0.717) is 6.42 Å². The molecule has 0 aliphatic heterocycles. The smallest absolute Gasteiger partial charge is 0.320 e. The van der Waals surface area contributed by atoms with Crippen molar-refractivity contribution in [3.63, 3.8) is 0 Å². The van der Waals surface area contributed by atoms with Gasteiger partial charge in [-0.15, -0.1) is 0 Å². The van der Waals surface area contributed by atoms with Gasteiger partial charge in [-0.2, -0.15) is 0 Å². The quantitative estimate of drug-likeness (QED) is 0.324. The predicted octanol–water partition coefficient (Wildman–Crippen LogP) is -1.55. The first-order chi connectivity index (χ1) is 4.81. The van der Waals surface area contributed by atoms with E-state index in [0.717, 1.165) is 6.42 Å². The first kappa shape index (κ1) is 10.8. The molecule has 0 spiro atoms.